The minimum atomic E-state index is -0.238. The maximum atomic E-state index is 13.2. The number of fused-ring (bicyclic) bond motifs is 1. The second-order valence-corrected chi connectivity index (χ2v) is 9.16. The number of aryl methyl sites for hydroxylation is 1. The smallest absolute Gasteiger partial charge is 0.263 e. The molecule has 0 fully saturated rings. The van der Waals surface area contributed by atoms with Gasteiger partial charge >= 0.3 is 0 Å². The number of carbonyl (C=O) groups excluding carboxylic acids is 1. The van der Waals surface area contributed by atoms with Crippen LogP contribution in [0.1, 0.15) is 31.9 Å². The molecule has 7 nitrogen and oxygen atoms in total. The second-order valence-electron chi connectivity index (χ2n) is 8.30. The molecule has 0 saturated carbocycles. The van der Waals surface area contributed by atoms with Crippen molar-refractivity contribution in [3.63, 3.8) is 0 Å². The normalized spacial score (nSPS) is 11.0. The Hall–Kier alpha value is -3.65. The molecular formula is C28H31N3O4S. The van der Waals surface area contributed by atoms with Crippen molar-refractivity contribution in [2.45, 2.75) is 40.2 Å². The van der Waals surface area contributed by atoms with E-state index in [9.17, 15) is 9.59 Å². The van der Waals surface area contributed by atoms with Crippen LogP contribution in [0.5, 0.6) is 11.5 Å². The van der Waals surface area contributed by atoms with Gasteiger partial charge in [0.25, 0.3) is 5.56 Å². The summed E-state index contributed by atoms with van der Waals surface area (Å²) in [7, 11) is 0. The van der Waals surface area contributed by atoms with Crippen LogP contribution in [0, 0.1) is 0 Å². The first kappa shape index (κ1) is 25.4. The first-order chi connectivity index (χ1) is 17.5. The predicted molar refractivity (Wildman–Crippen MR) is 144 cm³/mol. The average molecular weight is 506 g/mol. The third-order valence-corrected chi connectivity index (χ3v) is 6.78. The number of nitrogens with one attached hydrogen (secondary N) is 1. The van der Waals surface area contributed by atoms with E-state index in [0.717, 1.165) is 23.1 Å². The molecule has 4 rings (SSSR count). The van der Waals surface area contributed by atoms with Crippen LogP contribution in [-0.4, -0.2) is 35.2 Å². The van der Waals surface area contributed by atoms with Gasteiger partial charge in [-0.3, -0.25) is 14.2 Å². The van der Waals surface area contributed by atoms with E-state index in [0.29, 0.717) is 47.9 Å². The zero-order valence-corrected chi connectivity index (χ0v) is 21.7. The van der Waals surface area contributed by atoms with Crippen molar-refractivity contribution >= 4 is 27.5 Å². The predicted octanol–water partition coefficient (Wildman–Crippen LogP) is 4.84. The summed E-state index contributed by atoms with van der Waals surface area (Å²) in [5, 5.41) is 5.41. The lowest BCUT2D eigenvalue weighted by Gasteiger charge is -2.13. The molecular weight excluding hydrogens is 474 g/mol. The maximum Gasteiger partial charge on any atom is 0.263 e. The summed E-state index contributed by atoms with van der Waals surface area (Å²) in [6.45, 7) is 7.43. The van der Waals surface area contributed by atoms with Gasteiger partial charge in [0.1, 0.15) is 11.4 Å². The van der Waals surface area contributed by atoms with E-state index >= 15 is 0 Å². The van der Waals surface area contributed by atoms with Crippen LogP contribution in [0.25, 0.3) is 21.3 Å². The fourth-order valence-electron chi connectivity index (χ4n) is 4.02. The summed E-state index contributed by atoms with van der Waals surface area (Å²) in [6, 6.07) is 14.0. The third kappa shape index (κ3) is 5.76. The van der Waals surface area contributed by atoms with Gasteiger partial charge in [0, 0.05) is 17.5 Å². The molecule has 36 heavy (non-hydrogen) atoms. The van der Waals surface area contributed by atoms with Gasteiger partial charge < -0.3 is 14.8 Å². The monoisotopic (exact) mass is 505 g/mol. The van der Waals surface area contributed by atoms with Gasteiger partial charge in [-0.15, -0.1) is 11.3 Å². The minimum Gasteiger partial charge on any atom is -0.490 e. The first-order valence-corrected chi connectivity index (χ1v) is 13.1. The van der Waals surface area contributed by atoms with Crippen molar-refractivity contribution in [2.24, 2.45) is 0 Å². The summed E-state index contributed by atoms with van der Waals surface area (Å²) < 4.78 is 12.7. The molecule has 0 spiro atoms. The molecule has 0 aliphatic heterocycles. The molecule has 8 heteroatoms. The Kier molecular flexibility index (Phi) is 8.38. The summed E-state index contributed by atoms with van der Waals surface area (Å²) in [6.07, 6.45) is 3.04. The van der Waals surface area contributed by atoms with Gasteiger partial charge in [0.05, 0.1) is 24.9 Å². The lowest BCUT2D eigenvalue weighted by molar-refractivity contribution is -0.121. The molecule has 188 valence electrons. The topological polar surface area (TPSA) is 82.5 Å². The van der Waals surface area contributed by atoms with E-state index in [1.807, 2.05) is 49.6 Å². The zero-order chi connectivity index (χ0) is 25.5. The number of amides is 1. The van der Waals surface area contributed by atoms with Gasteiger partial charge in [0.15, 0.2) is 11.5 Å². The van der Waals surface area contributed by atoms with Crippen LogP contribution in [0.4, 0.5) is 0 Å². The highest BCUT2D eigenvalue weighted by atomic mass is 32.1. The summed E-state index contributed by atoms with van der Waals surface area (Å²) in [5.41, 5.74) is 3.88. The Morgan fingerprint density at radius 3 is 2.44 bits per heavy atom. The van der Waals surface area contributed by atoms with Crippen molar-refractivity contribution in [1.29, 1.82) is 0 Å². The van der Waals surface area contributed by atoms with Crippen LogP contribution in [0.15, 0.2) is 59.0 Å². The highest BCUT2D eigenvalue weighted by Crippen LogP contribution is 2.31. The third-order valence-electron chi connectivity index (χ3n) is 5.89. The Bertz CT molecular complexity index is 1390. The fourth-order valence-corrected chi connectivity index (χ4v) is 4.93. The fraction of sp³-hybridized carbons (Fsp3) is 0.321. The number of aromatic nitrogens is 2. The van der Waals surface area contributed by atoms with E-state index in [-0.39, 0.29) is 18.0 Å². The molecule has 0 atom stereocenters. The molecule has 2 heterocycles. The number of ether oxygens (including phenoxy) is 2. The quantitative estimate of drug-likeness (QED) is 0.315. The van der Waals surface area contributed by atoms with Crippen molar-refractivity contribution in [1.82, 2.24) is 14.9 Å². The molecule has 2 aromatic heterocycles. The van der Waals surface area contributed by atoms with E-state index in [1.165, 1.54) is 27.8 Å². The molecule has 0 saturated heterocycles. The molecule has 0 bridgehead atoms. The summed E-state index contributed by atoms with van der Waals surface area (Å²) >= 11 is 1.44. The average Bonchev–Trinajstić information content (AvgIpc) is 3.32. The largest absolute Gasteiger partial charge is 0.490 e. The van der Waals surface area contributed by atoms with Gasteiger partial charge in [-0.1, -0.05) is 37.3 Å². The van der Waals surface area contributed by atoms with Crippen LogP contribution in [0.2, 0.25) is 0 Å². The van der Waals surface area contributed by atoms with Gasteiger partial charge in [0.2, 0.25) is 5.91 Å². The Morgan fingerprint density at radius 1 is 1.00 bits per heavy atom. The minimum absolute atomic E-state index is 0.0840. The standard InChI is InChI=1S/C28H31N3O4S/c1-4-19-7-10-21(11-8-19)22-17-36-27-26(22)28(33)31(18-30-27)16-25(32)29-14-13-20-9-12-23(34-5-2)24(15-20)35-6-3/h7-12,15,17-18H,4-6,13-14,16H2,1-3H3,(H,29,32). The van der Waals surface area contributed by atoms with Crippen molar-refractivity contribution in [3.8, 4) is 22.6 Å². The van der Waals surface area contributed by atoms with Crippen LogP contribution < -0.4 is 20.3 Å². The van der Waals surface area contributed by atoms with Crippen molar-refractivity contribution in [2.75, 3.05) is 19.8 Å². The van der Waals surface area contributed by atoms with E-state index in [4.69, 9.17) is 9.47 Å². The zero-order valence-electron chi connectivity index (χ0n) is 20.9. The molecule has 1 amide bonds. The lowest BCUT2D eigenvalue weighted by Crippen LogP contribution is -2.33. The number of hydrogen-bond acceptors (Lipinski definition) is 6. The molecule has 0 aliphatic rings. The van der Waals surface area contributed by atoms with Crippen molar-refractivity contribution in [3.05, 3.63) is 75.7 Å². The molecule has 0 unspecified atom stereocenters. The number of carbonyl (C=O) groups is 1. The van der Waals surface area contributed by atoms with Gasteiger partial charge in [-0.25, -0.2) is 4.98 Å². The summed E-state index contributed by atoms with van der Waals surface area (Å²) in [4.78, 5) is 31.0. The molecule has 0 aliphatic carbocycles. The number of benzene rings is 2. The second kappa shape index (κ2) is 11.9. The molecule has 2 aromatic carbocycles. The molecule has 4 aromatic rings. The van der Waals surface area contributed by atoms with Crippen molar-refractivity contribution < 1.29 is 14.3 Å². The van der Waals surface area contributed by atoms with E-state index < -0.39 is 0 Å². The van der Waals surface area contributed by atoms with Gasteiger partial charge in [-0.05, 0) is 55.5 Å². The Balaban J connectivity index is 1.43. The Labute approximate surface area is 214 Å². The number of rotatable bonds is 11. The maximum absolute atomic E-state index is 13.2. The molecule has 0 radical (unpaired) electrons. The highest BCUT2D eigenvalue weighted by Gasteiger charge is 2.15. The SMILES string of the molecule is CCOc1ccc(CCNC(=O)Cn2cnc3scc(-c4ccc(CC)cc4)c3c2=O)cc1OCC. The number of nitrogens with zero attached hydrogens (tertiary/aromatic N) is 2. The van der Waals surface area contributed by atoms with Gasteiger partial charge in [-0.2, -0.15) is 0 Å². The molecule has 1 N–H and O–H groups in total. The van der Waals surface area contributed by atoms with Crippen LogP contribution >= 0.6 is 11.3 Å². The highest BCUT2D eigenvalue weighted by molar-refractivity contribution is 7.17. The Morgan fingerprint density at radius 2 is 1.72 bits per heavy atom. The van der Waals surface area contributed by atoms with E-state index in [1.54, 1.807) is 0 Å². The van der Waals surface area contributed by atoms with Crippen LogP contribution in [0.3, 0.4) is 0 Å². The summed E-state index contributed by atoms with van der Waals surface area (Å²) in [5.74, 6) is 1.17. The number of thiophene rings is 1. The van der Waals surface area contributed by atoms with E-state index in [2.05, 4.69) is 29.4 Å². The lowest BCUT2D eigenvalue weighted by atomic mass is 10.0. The first-order valence-electron chi connectivity index (χ1n) is 12.2. The van der Waals surface area contributed by atoms with Crippen LogP contribution in [-0.2, 0) is 24.2 Å². The number of hydrogen-bond donors (Lipinski definition) is 1.